The van der Waals surface area contributed by atoms with E-state index in [4.69, 9.17) is 15.2 Å². The third kappa shape index (κ3) is 3.97. The maximum Gasteiger partial charge on any atom is 0.127 e. The Morgan fingerprint density at radius 3 is 2.48 bits per heavy atom. The molecule has 112 valence electrons. The van der Waals surface area contributed by atoms with Gasteiger partial charge in [-0.3, -0.25) is 0 Å². The molecule has 21 heavy (non-hydrogen) atoms. The zero-order valence-electron chi connectivity index (χ0n) is 12.3. The Bertz CT molecular complexity index is 570. The van der Waals surface area contributed by atoms with Crippen LogP contribution in [0.2, 0.25) is 0 Å². The molecule has 0 aliphatic rings. The number of hydrogen-bond donors (Lipinski definition) is 2. The molecule has 0 amide bonds. The average molecular weight is 287 g/mol. The first kappa shape index (κ1) is 15.4. The lowest BCUT2D eigenvalue weighted by Crippen LogP contribution is -2.13. The fourth-order valence-corrected chi connectivity index (χ4v) is 2.08. The van der Waals surface area contributed by atoms with E-state index >= 15 is 0 Å². The van der Waals surface area contributed by atoms with Crippen molar-refractivity contribution in [1.29, 1.82) is 0 Å². The van der Waals surface area contributed by atoms with E-state index in [-0.39, 0.29) is 12.6 Å². The zero-order valence-corrected chi connectivity index (χ0v) is 12.3. The second kappa shape index (κ2) is 7.11. The van der Waals surface area contributed by atoms with E-state index in [1.54, 1.807) is 13.2 Å². The van der Waals surface area contributed by atoms with Crippen LogP contribution in [0.3, 0.4) is 0 Å². The maximum atomic E-state index is 10.2. The van der Waals surface area contributed by atoms with Crippen LogP contribution >= 0.6 is 0 Å². The molecule has 0 bridgehead atoms. The van der Waals surface area contributed by atoms with Gasteiger partial charge in [0, 0.05) is 17.7 Å². The van der Waals surface area contributed by atoms with Gasteiger partial charge in [-0.15, -0.1) is 0 Å². The van der Waals surface area contributed by atoms with Crippen molar-refractivity contribution in [2.75, 3.05) is 13.7 Å². The quantitative estimate of drug-likeness (QED) is 0.857. The maximum absolute atomic E-state index is 10.2. The molecule has 0 saturated heterocycles. The van der Waals surface area contributed by atoms with E-state index < -0.39 is 6.10 Å². The molecule has 2 aromatic rings. The number of benzene rings is 2. The number of ether oxygens (including phenoxy) is 2. The number of aliphatic hydroxyl groups is 1. The Labute approximate surface area is 125 Å². The van der Waals surface area contributed by atoms with Crippen molar-refractivity contribution in [3.05, 3.63) is 59.7 Å². The molecule has 2 aromatic carbocycles. The summed E-state index contributed by atoms with van der Waals surface area (Å²) in [6.45, 7) is 2.05. The molecule has 2 atom stereocenters. The van der Waals surface area contributed by atoms with E-state index in [1.165, 1.54) is 0 Å². The van der Waals surface area contributed by atoms with Crippen LogP contribution in [-0.4, -0.2) is 18.8 Å². The highest BCUT2D eigenvalue weighted by molar-refractivity contribution is 5.42. The molecule has 2 rings (SSSR count). The van der Waals surface area contributed by atoms with Crippen LogP contribution in [0.4, 0.5) is 0 Å². The first-order valence-electron chi connectivity index (χ1n) is 6.91. The fourth-order valence-electron chi connectivity index (χ4n) is 2.08. The van der Waals surface area contributed by atoms with Gasteiger partial charge >= 0.3 is 0 Å². The Kier molecular flexibility index (Phi) is 5.20. The predicted molar refractivity (Wildman–Crippen MR) is 82.5 cm³/mol. The number of hydrogen-bond acceptors (Lipinski definition) is 4. The topological polar surface area (TPSA) is 64.7 Å². The van der Waals surface area contributed by atoms with Crippen molar-refractivity contribution in [2.24, 2.45) is 5.73 Å². The largest absolute Gasteiger partial charge is 0.497 e. The molecule has 0 saturated carbocycles. The summed E-state index contributed by atoms with van der Waals surface area (Å²) in [6.07, 6.45) is -0.682. The van der Waals surface area contributed by atoms with Gasteiger partial charge in [0.25, 0.3) is 0 Å². The fraction of sp³-hybridized carbons (Fsp3) is 0.294. The summed E-state index contributed by atoms with van der Waals surface area (Å²) in [5.74, 6) is 1.34. The van der Waals surface area contributed by atoms with Gasteiger partial charge < -0.3 is 20.3 Å². The Morgan fingerprint density at radius 2 is 1.86 bits per heavy atom. The van der Waals surface area contributed by atoms with Gasteiger partial charge in [0.15, 0.2) is 0 Å². The van der Waals surface area contributed by atoms with Crippen molar-refractivity contribution in [1.82, 2.24) is 0 Å². The average Bonchev–Trinajstić information content (AvgIpc) is 2.52. The van der Waals surface area contributed by atoms with E-state index in [0.29, 0.717) is 11.5 Å². The van der Waals surface area contributed by atoms with Gasteiger partial charge in [0.1, 0.15) is 24.2 Å². The SMILES string of the molecule is COc1ccc(C(C)N)c(OCC(O)c2ccccc2)c1. The van der Waals surface area contributed by atoms with Crippen LogP contribution in [0.25, 0.3) is 0 Å². The number of nitrogens with two attached hydrogens (primary N) is 1. The third-order valence-electron chi connectivity index (χ3n) is 3.29. The Hall–Kier alpha value is -2.04. The molecule has 0 fully saturated rings. The van der Waals surface area contributed by atoms with Gasteiger partial charge in [-0.25, -0.2) is 0 Å². The van der Waals surface area contributed by atoms with Crippen molar-refractivity contribution < 1.29 is 14.6 Å². The van der Waals surface area contributed by atoms with Gasteiger partial charge in [-0.2, -0.15) is 0 Å². The molecule has 4 nitrogen and oxygen atoms in total. The normalized spacial score (nSPS) is 13.5. The van der Waals surface area contributed by atoms with Gasteiger partial charge in [0.2, 0.25) is 0 Å². The molecule has 2 unspecified atom stereocenters. The van der Waals surface area contributed by atoms with Crippen LogP contribution in [0, 0.1) is 0 Å². The monoisotopic (exact) mass is 287 g/mol. The van der Waals surface area contributed by atoms with E-state index in [1.807, 2.05) is 49.4 Å². The van der Waals surface area contributed by atoms with E-state index in [2.05, 4.69) is 0 Å². The minimum absolute atomic E-state index is 0.153. The van der Waals surface area contributed by atoms with Crippen LogP contribution in [-0.2, 0) is 0 Å². The van der Waals surface area contributed by atoms with Crippen molar-refractivity contribution >= 4 is 0 Å². The lowest BCUT2D eigenvalue weighted by atomic mass is 10.1. The van der Waals surface area contributed by atoms with Gasteiger partial charge in [0.05, 0.1) is 7.11 Å². The summed E-state index contributed by atoms with van der Waals surface area (Å²) in [6, 6.07) is 14.8. The molecule has 0 spiro atoms. The second-order valence-corrected chi connectivity index (χ2v) is 4.93. The summed E-state index contributed by atoms with van der Waals surface area (Å²) in [4.78, 5) is 0. The second-order valence-electron chi connectivity index (χ2n) is 4.93. The summed E-state index contributed by atoms with van der Waals surface area (Å²) in [5, 5.41) is 10.2. The summed E-state index contributed by atoms with van der Waals surface area (Å²) >= 11 is 0. The Morgan fingerprint density at radius 1 is 1.14 bits per heavy atom. The lowest BCUT2D eigenvalue weighted by Gasteiger charge is -2.17. The lowest BCUT2D eigenvalue weighted by molar-refractivity contribution is 0.107. The number of aliphatic hydroxyl groups excluding tert-OH is 1. The summed E-state index contributed by atoms with van der Waals surface area (Å²) in [7, 11) is 1.60. The molecule has 0 aliphatic carbocycles. The van der Waals surface area contributed by atoms with Crippen LogP contribution in [0.5, 0.6) is 11.5 Å². The van der Waals surface area contributed by atoms with Gasteiger partial charge in [-0.1, -0.05) is 36.4 Å². The van der Waals surface area contributed by atoms with Crippen LogP contribution in [0.15, 0.2) is 48.5 Å². The molecular formula is C17H21NO3. The first-order valence-corrected chi connectivity index (χ1v) is 6.91. The van der Waals surface area contributed by atoms with Crippen molar-refractivity contribution in [3.8, 4) is 11.5 Å². The smallest absolute Gasteiger partial charge is 0.127 e. The zero-order chi connectivity index (χ0) is 15.2. The molecular weight excluding hydrogens is 266 g/mol. The standard InChI is InChI=1S/C17H21NO3/c1-12(18)15-9-8-14(20-2)10-17(15)21-11-16(19)13-6-4-3-5-7-13/h3-10,12,16,19H,11,18H2,1-2H3. The van der Waals surface area contributed by atoms with Gasteiger partial charge in [-0.05, 0) is 18.6 Å². The van der Waals surface area contributed by atoms with Crippen molar-refractivity contribution in [2.45, 2.75) is 19.1 Å². The third-order valence-corrected chi connectivity index (χ3v) is 3.29. The highest BCUT2D eigenvalue weighted by Crippen LogP contribution is 2.29. The summed E-state index contributed by atoms with van der Waals surface area (Å²) in [5.41, 5.74) is 7.65. The molecule has 0 heterocycles. The highest BCUT2D eigenvalue weighted by atomic mass is 16.5. The van der Waals surface area contributed by atoms with Crippen LogP contribution < -0.4 is 15.2 Å². The van der Waals surface area contributed by atoms with Crippen LogP contribution in [0.1, 0.15) is 30.2 Å². The molecule has 0 radical (unpaired) electrons. The Balaban J connectivity index is 2.11. The first-order chi connectivity index (χ1) is 10.1. The predicted octanol–water partition coefficient (Wildman–Crippen LogP) is 2.83. The summed E-state index contributed by atoms with van der Waals surface area (Å²) < 4.78 is 10.9. The van der Waals surface area contributed by atoms with Crippen molar-refractivity contribution in [3.63, 3.8) is 0 Å². The van der Waals surface area contributed by atoms with E-state index in [0.717, 1.165) is 11.1 Å². The minimum Gasteiger partial charge on any atom is -0.497 e. The molecule has 0 aliphatic heterocycles. The highest BCUT2D eigenvalue weighted by Gasteiger charge is 2.13. The minimum atomic E-state index is -0.682. The molecule has 4 heteroatoms. The number of rotatable bonds is 6. The number of methoxy groups -OCH3 is 1. The van der Waals surface area contributed by atoms with E-state index in [9.17, 15) is 5.11 Å². The molecule has 3 N–H and O–H groups in total. The molecule has 0 aromatic heterocycles.